The van der Waals surface area contributed by atoms with E-state index in [0.29, 0.717) is 99.4 Å². The van der Waals surface area contributed by atoms with Crippen molar-refractivity contribution in [2.24, 2.45) is 0 Å². The first kappa shape index (κ1) is 55.7. The van der Waals surface area contributed by atoms with Crippen molar-refractivity contribution in [2.45, 2.75) is 0 Å². The van der Waals surface area contributed by atoms with Crippen LogP contribution < -0.4 is 19.6 Å². The highest BCUT2D eigenvalue weighted by Crippen LogP contribution is 2.40. The Balaban J connectivity index is 1.35. The molecule has 0 spiro atoms. The van der Waals surface area contributed by atoms with Crippen LogP contribution in [-0.2, 0) is 0 Å². The van der Waals surface area contributed by atoms with Gasteiger partial charge in [0.2, 0.25) is 0 Å². The zero-order chi connectivity index (χ0) is 53.0. The van der Waals surface area contributed by atoms with Gasteiger partial charge in [-0.3, -0.25) is 0 Å². The smallest absolute Gasteiger partial charge is 0.0737 e. The summed E-state index contributed by atoms with van der Waals surface area (Å²) in [6.45, 7) is 5.43. The first-order valence-electron chi connectivity index (χ1n) is 25.4. The summed E-state index contributed by atoms with van der Waals surface area (Å²) in [6.07, 6.45) is 8.46. The molecule has 76 heavy (non-hydrogen) atoms. The monoisotopic (exact) mass is 1170 g/mol. The number of halogens is 8. The fourth-order valence-electron chi connectivity index (χ4n) is 10.1. The second kappa shape index (κ2) is 27.0. The average molecular weight is 1170 g/mol. The molecule has 0 atom stereocenters. The lowest BCUT2D eigenvalue weighted by Gasteiger charge is -2.23. The molecular weight excluding hydrogens is 1120 g/mol. The number of anilines is 4. The minimum Gasteiger partial charge on any atom is -0.369 e. The number of aromatic amines is 2. The van der Waals surface area contributed by atoms with Crippen molar-refractivity contribution < 1.29 is 0 Å². The number of benzene rings is 4. The molecule has 8 bridgehead atoms. The van der Waals surface area contributed by atoms with E-state index >= 15 is 0 Å². The number of alkyl halides is 8. The molecule has 5 heterocycles. The van der Waals surface area contributed by atoms with Crippen molar-refractivity contribution in [3.8, 4) is 44.5 Å². The van der Waals surface area contributed by atoms with E-state index in [9.17, 15) is 0 Å². The first-order chi connectivity index (χ1) is 37.3. The van der Waals surface area contributed by atoms with E-state index in [-0.39, 0.29) is 0 Å². The van der Waals surface area contributed by atoms with Crippen LogP contribution in [0.5, 0.6) is 0 Å². The quantitative estimate of drug-likeness (QED) is 0.0588. The van der Waals surface area contributed by atoms with Gasteiger partial charge in [0.1, 0.15) is 0 Å². The molecule has 9 rings (SSSR count). The van der Waals surface area contributed by atoms with Crippen LogP contribution in [-0.4, -0.2) is 119 Å². The third-order valence-electron chi connectivity index (χ3n) is 13.7. The van der Waals surface area contributed by atoms with Crippen molar-refractivity contribution in [1.29, 1.82) is 0 Å². The molecule has 0 saturated carbocycles. The van der Waals surface area contributed by atoms with E-state index in [1.807, 2.05) is 0 Å². The number of fused-ring (bicyclic) bond motifs is 8. The second-order valence-corrected chi connectivity index (χ2v) is 21.2. The molecule has 3 aromatic heterocycles. The standard InChI is InChI=1S/C60H58Cl8N8/c61-25-33-73(34-26-62)45-9-1-41(2-10-45)57-49-17-19-51(69-49)58(42-3-11-46(12-4-42)74(35-27-63)36-28-64)53-21-23-55(71-53)60(44-7-15-48(16-8-44)76(39-31-67)40-32-68)56-24-22-54(72-56)59(52-20-18-50(57)70-52)43-5-13-47(14-6-43)75(37-29-65)38-30-66/h1-24,69,72H,25-40H2. The fourth-order valence-corrected chi connectivity index (χ4v) is 11.7. The lowest BCUT2D eigenvalue weighted by atomic mass is 10.0. The van der Waals surface area contributed by atoms with Crippen LogP contribution in [0.3, 0.4) is 0 Å². The molecule has 0 aliphatic carbocycles. The van der Waals surface area contributed by atoms with Gasteiger partial charge in [-0.2, -0.15) is 0 Å². The molecule has 2 aliphatic heterocycles. The number of H-pyrrole nitrogens is 2. The van der Waals surface area contributed by atoms with Gasteiger partial charge in [0.15, 0.2) is 0 Å². The number of nitrogens with one attached hydrogen (secondary N) is 2. The lowest BCUT2D eigenvalue weighted by Crippen LogP contribution is -2.27. The summed E-state index contributed by atoms with van der Waals surface area (Å²) in [5.74, 6) is 3.90. The summed E-state index contributed by atoms with van der Waals surface area (Å²) in [7, 11) is 0. The average Bonchev–Trinajstić information content (AvgIpc) is 4.34. The number of rotatable bonds is 24. The van der Waals surface area contributed by atoms with Gasteiger partial charge < -0.3 is 29.6 Å². The Morgan fingerprint density at radius 1 is 0.263 bits per heavy atom. The molecule has 0 unspecified atom stereocenters. The van der Waals surface area contributed by atoms with E-state index in [0.717, 1.165) is 112 Å². The molecule has 2 N–H and O–H groups in total. The van der Waals surface area contributed by atoms with Crippen molar-refractivity contribution >= 4 is 162 Å². The molecule has 0 amide bonds. The summed E-state index contributed by atoms with van der Waals surface area (Å²) in [5, 5.41) is 0. The maximum absolute atomic E-state index is 6.27. The highest BCUT2D eigenvalue weighted by atomic mass is 35.5. The molecule has 0 fully saturated rings. The molecule has 0 radical (unpaired) electrons. The normalized spacial score (nSPS) is 11.9. The number of hydrogen-bond donors (Lipinski definition) is 2. The van der Waals surface area contributed by atoms with Gasteiger partial charge in [-0.05, 0) is 119 Å². The van der Waals surface area contributed by atoms with E-state index < -0.39 is 0 Å². The molecule has 0 saturated heterocycles. The molecule has 4 aromatic carbocycles. The zero-order valence-corrected chi connectivity index (χ0v) is 47.9. The summed E-state index contributed by atoms with van der Waals surface area (Å²) >= 11 is 50.2. The number of nitrogens with zero attached hydrogens (tertiary/aromatic N) is 6. The number of hydrogen-bond acceptors (Lipinski definition) is 6. The van der Waals surface area contributed by atoms with Gasteiger partial charge in [-0.1, -0.05) is 48.5 Å². The van der Waals surface area contributed by atoms with E-state index in [4.69, 9.17) is 103 Å². The van der Waals surface area contributed by atoms with Crippen LogP contribution in [0.2, 0.25) is 0 Å². The van der Waals surface area contributed by atoms with Gasteiger partial charge in [-0.25, -0.2) is 9.97 Å². The topological polar surface area (TPSA) is 70.3 Å². The Hall–Kier alpha value is -5.00. The Morgan fingerprint density at radius 2 is 0.447 bits per heavy atom. The van der Waals surface area contributed by atoms with Crippen LogP contribution in [0.1, 0.15) is 22.8 Å². The Kier molecular flexibility index (Phi) is 19.8. The van der Waals surface area contributed by atoms with Gasteiger partial charge >= 0.3 is 0 Å². The van der Waals surface area contributed by atoms with Gasteiger partial charge in [0.05, 0.1) is 22.8 Å². The van der Waals surface area contributed by atoms with Crippen LogP contribution in [0.25, 0.3) is 90.9 Å². The number of aromatic nitrogens is 4. The Labute approximate surface area is 485 Å². The highest BCUT2D eigenvalue weighted by Gasteiger charge is 2.21. The fraction of sp³-hybridized carbons (Fsp3) is 0.267. The van der Waals surface area contributed by atoms with E-state index in [1.54, 1.807) is 0 Å². The SMILES string of the molecule is ClCCN(CCCl)c1ccc(-c2c3nc(c(-c4ccc(N(CCCl)CCCl)cc4)c4ccc([nH]4)c(-c4ccc(N(CCCl)CCCl)cc4)c4nc(c(-c5ccc(N(CCCl)CCCl)cc5)c5ccc2[nH]5)C=C4)C=C3)cc1. The van der Waals surface area contributed by atoms with Crippen LogP contribution in [0.4, 0.5) is 22.7 Å². The molecule has 7 aromatic rings. The molecular formula is C60H58Cl8N8. The summed E-state index contributed by atoms with van der Waals surface area (Å²) in [6, 6.07) is 42.9. The minimum absolute atomic E-state index is 0.487. The van der Waals surface area contributed by atoms with Gasteiger partial charge in [-0.15, -0.1) is 92.8 Å². The third kappa shape index (κ3) is 12.6. The Bertz CT molecular complexity index is 2830. The molecule has 8 nitrogen and oxygen atoms in total. The summed E-state index contributed by atoms with van der Waals surface area (Å²) in [5.41, 5.74) is 18.7. The van der Waals surface area contributed by atoms with Gasteiger partial charge in [0.25, 0.3) is 0 Å². The second-order valence-electron chi connectivity index (χ2n) is 18.2. The summed E-state index contributed by atoms with van der Waals surface area (Å²) in [4.78, 5) is 27.7. The molecule has 2 aliphatic rings. The van der Waals surface area contributed by atoms with Crippen molar-refractivity contribution in [2.75, 3.05) is 119 Å². The van der Waals surface area contributed by atoms with Crippen molar-refractivity contribution in [1.82, 2.24) is 19.9 Å². The van der Waals surface area contributed by atoms with Crippen LogP contribution in [0, 0.1) is 0 Å². The van der Waals surface area contributed by atoms with E-state index in [1.165, 1.54) is 0 Å². The van der Waals surface area contributed by atoms with Crippen molar-refractivity contribution in [3.05, 3.63) is 144 Å². The van der Waals surface area contributed by atoms with Crippen molar-refractivity contribution in [3.63, 3.8) is 0 Å². The maximum Gasteiger partial charge on any atom is 0.0737 e. The largest absolute Gasteiger partial charge is 0.369 e. The van der Waals surface area contributed by atoms with Gasteiger partial charge in [0, 0.05) is 166 Å². The molecule has 16 heteroatoms. The first-order valence-corrected chi connectivity index (χ1v) is 29.7. The Morgan fingerprint density at radius 3 is 0.618 bits per heavy atom. The zero-order valence-electron chi connectivity index (χ0n) is 41.9. The third-order valence-corrected chi connectivity index (χ3v) is 15.0. The van der Waals surface area contributed by atoms with E-state index in [2.05, 4.69) is 175 Å². The molecule has 394 valence electrons. The predicted molar refractivity (Wildman–Crippen MR) is 335 cm³/mol. The highest BCUT2D eigenvalue weighted by molar-refractivity contribution is 6.20. The van der Waals surface area contributed by atoms with Crippen LogP contribution >= 0.6 is 92.8 Å². The lowest BCUT2D eigenvalue weighted by molar-refractivity contribution is 0.874. The maximum atomic E-state index is 6.27. The van der Waals surface area contributed by atoms with Crippen LogP contribution in [0.15, 0.2) is 121 Å². The predicted octanol–water partition coefficient (Wildman–Crippen LogP) is 16.5. The summed E-state index contributed by atoms with van der Waals surface area (Å²) < 4.78 is 0. The minimum atomic E-state index is 0.487.